The second-order valence-corrected chi connectivity index (χ2v) is 6.34. The van der Waals surface area contributed by atoms with Crippen molar-refractivity contribution in [2.24, 2.45) is 5.73 Å². The lowest BCUT2D eigenvalue weighted by atomic mass is 10.1. The number of piperazine rings is 1. The summed E-state index contributed by atoms with van der Waals surface area (Å²) in [6, 6.07) is 6.07. The largest absolute Gasteiger partial charge is 0.481 e. The van der Waals surface area contributed by atoms with E-state index < -0.39 is 6.10 Å². The van der Waals surface area contributed by atoms with Gasteiger partial charge in [-0.25, -0.2) is 0 Å². The Balaban J connectivity index is 1.87. The number of carbonyl (C=O) groups is 1. The molecule has 2 rings (SSSR count). The monoisotopic (exact) mass is 319 g/mol. The van der Waals surface area contributed by atoms with Crippen molar-refractivity contribution in [3.63, 3.8) is 0 Å². The van der Waals surface area contributed by atoms with Crippen molar-refractivity contribution >= 4 is 5.91 Å². The quantitative estimate of drug-likeness (QED) is 0.864. The van der Waals surface area contributed by atoms with Gasteiger partial charge in [0.1, 0.15) is 5.75 Å². The number of hydrogen-bond acceptors (Lipinski definition) is 4. The lowest BCUT2D eigenvalue weighted by Gasteiger charge is -2.35. The molecule has 1 unspecified atom stereocenters. The van der Waals surface area contributed by atoms with Crippen LogP contribution in [-0.4, -0.2) is 61.1 Å². The van der Waals surface area contributed by atoms with Crippen LogP contribution in [0.15, 0.2) is 18.2 Å². The minimum atomic E-state index is -0.453. The number of carbonyl (C=O) groups excluding carboxylic acids is 1. The number of ether oxygens (including phenoxy) is 1. The van der Waals surface area contributed by atoms with Gasteiger partial charge in [-0.3, -0.25) is 9.69 Å². The van der Waals surface area contributed by atoms with E-state index >= 15 is 0 Å². The summed E-state index contributed by atoms with van der Waals surface area (Å²) in [4.78, 5) is 16.9. The highest BCUT2D eigenvalue weighted by Crippen LogP contribution is 2.21. The number of hydrogen-bond donors (Lipinski definition) is 1. The highest BCUT2D eigenvalue weighted by atomic mass is 16.5. The number of nitrogens with two attached hydrogens (primary N) is 1. The fraction of sp³-hybridized carbons (Fsp3) is 0.611. The third-order valence-electron chi connectivity index (χ3n) is 4.36. The first-order valence-corrected chi connectivity index (χ1v) is 8.46. The van der Waals surface area contributed by atoms with Gasteiger partial charge in [0.15, 0.2) is 6.10 Å². The van der Waals surface area contributed by atoms with Crippen LogP contribution in [0.5, 0.6) is 5.75 Å². The van der Waals surface area contributed by atoms with Gasteiger partial charge in [-0.15, -0.1) is 0 Å². The molecule has 0 spiro atoms. The molecule has 1 aromatic carbocycles. The summed E-state index contributed by atoms with van der Waals surface area (Å²) < 4.78 is 5.91. The van der Waals surface area contributed by atoms with Crippen LogP contribution in [0.1, 0.15) is 24.5 Å². The molecular formula is C18H29N3O2. The third kappa shape index (κ3) is 4.94. The van der Waals surface area contributed by atoms with Crippen molar-refractivity contribution in [1.29, 1.82) is 0 Å². The Kier molecular flexibility index (Phi) is 6.42. The predicted octanol–water partition coefficient (Wildman–Crippen LogP) is 1.56. The van der Waals surface area contributed by atoms with Gasteiger partial charge in [-0.05, 0) is 57.5 Å². The summed E-state index contributed by atoms with van der Waals surface area (Å²) in [6.45, 7) is 11.0. The minimum Gasteiger partial charge on any atom is -0.481 e. The van der Waals surface area contributed by atoms with Gasteiger partial charge < -0.3 is 15.4 Å². The van der Waals surface area contributed by atoms with Crippen LogP contribution < -0.4 is 10.5 Å². The summed E-state index contributed by atoms with van der Waals surface area (Å²) in [5.41, 5.74) is 7.74. The first-order chi connectivity index (χ1) is 11.0. The van der Waals surface area contributed by atoms with Crippen LogP contribution in [0, 0.1) is 13.8 Å². The Hall–Kier alpha value is -1.59. The van der Waals surface area contributed by atoms with Gasteiger partial charge in [0.2, 0.25) is 0 Å². The number of amides is 1. The molecule has 1 atom stereocenters. The van der Waals surface area contributed by atoms with Crippen LogP contribution in [0.3, 0.4) is 0 Å². The Bertz CT molecular complexity index is 525. The highest BCUT2D eigenvalue weighted by molar-refractivity contribution is 5.81. The van der Waals surface area contributed by atoms with E-state index in [4.69, 9.17) is 10.5 Å². The van der Waals surface area contributed by atoms with E-state index in [0.29, 0.717) is 0 Å². The molecule has 128 valence electrons. The van der Waals surface area contributed by atoms with Gasteiger partial charge in [0.05, 0.1) is 0 Å². The van der Waals surface area contributed by atoms with Crippen molar-refractivity contribution in [1.82, 2.24) is 9.80 Å². The predicted molar refractivity (Wildman–Crippen MR) is 92.7 cm³/mol. The molecule has 2 N–H and O–H groups in total. The van der Waals surface area contributed by atoms with Gasteiger partial charge in [0.25, 0.3) is 5.91 Å². The number of rotatable bonds is 6. The van der Waals surface area contributed by atoms with E-state index in [1.807, 2.05) is 37.8 Å². The summed E-state index contributed by atoms with van der Waals surface area (Å²) in [5, 5.41) is 0. The molecule has 5 nitrogen and oxygen atoms in total. The molecule has 1 aliphatic rings. The summed E-state index contributed by atoms with van der Waals surface area (Å²) >= 11 is 0. The van der Waals surface area contributed by atoms with E-state index in [1.165, 1.54) is 0 Å². The van der Waals surface area contributed by atoms with Crippen molar-refractivity contribution in [2.75, 3.05) is 39.3 Å². The molecule has 0 radical (unpaired) electrons. The first-order valence-electron chi connectivity index (χ1n) is 8.46. The van der Waals surface area contributed by atoms with Gasteiger partial charge >= 0.3 is 0 Å². The fourth-order valence-corrected chi connectivity index (χ4v) is 2.84. The molecule has 23 heavy (non-hydrogen) atoms. The fourth-order valence-electron chi connectivity index (χ4n) is 2.84. The molecule has 1 aromatic rings. The second-order valence-electron chi connectivity index (χ2n) is 6.34. The van der Waals surface area contributed by atoms with Gasteiger partial charge in [-0.2, -0.15) is 0 Å². The Morgan fingerprint density at radius 3 is 2.61 bits per heavy atom. The summed E-state index contributed by atoms with van der Waals surface area (Å²) in [7, 11) is 0. The maximum absolute atomic E-state index is 12.6. The van der Waals surface area contributed by atoms with E-state index in [9.17, 15) is 4.79 Å². The van der Waals surface area contributed by atoms with Crippen LogP contribution in [-0.2, 0) is 4.79 Å². The van der Waals surface area contributed by atoms with E-state index in [0.717, 1.165) is 62.6 Å². The standard InChI is InChI=1S/C18H29N3O2/c1-14-5-6-15(2)17(13-14)23-16(3)18(22)21-11-9-20(10-12-21)8-4-7-19/h5-6,13,16H,4,7-12,19H2,1-3H3. The Morgan fingerprint density at radius 1 is 1.26 bits per heavy atom. The molecular weight excluding hydrogens is 290 g/mol. The first kappa shape index (κ1) is 17.8. The molecule has 0 bridgehead atoms. The topological polar surface area (TPSA) is 58.8 Å². The lowest BCUT2D eigenvalue weighted by molar-refractivity contribution is -0.139. The summed E-state index contributed by atoms with van der Waals surface area (Å²) in [5.74, 6) is 0.872. The lowest BCUT2D eigenvalue weighted by Crippen LogP contribution is -2.52. The number of aryl methyl sites for hydroxylation is 2. The van der Waals surface area contributed by atoms with Crippen molar-refractivity contribution < 1.29 is 9.53 Å². The van der Waals surface area contributed by atoms with E-state index in [-0.39, 0.29) is 5.91 Å². The zero-order chi connectivity index (χ0) is 16.8. The van der Waals surface area contributed by atoms with Crippen molar-refractivity contribution in [2.45, 2.75) is 33.3 Å². The molecule has 0 saturated carbocycles. The molecule has 1 fully saturated rings. The van der Waals surface area contributed by atoms with Gasteiger partial charge in [0, 0.05) is 26.2 Å². The Labute approximate surface area is 139 Å². The van der Waals surface area contributed by atoms with Crippen LogP contribution >= 0.6 is 0 Å². The van der Waals surface area contributed by atoms with E-state index in [1.54, 1.807) is 0 Å². The molecule has 1 aliphatic heterocycles. The van der Waals surface area contributed by atoms with Gasteiger partial charge in [-0.1, -0.05) is 12.1 Å². The molecule has 0 aromatic heterocycles. The zero-order valence-electron chi connectivity index (χ0n) is 14.5. The highest BCUT2D eigenvalue weighted by Gasteiger charge is 2.26. The smallest absolute Gasteiger partial charge is 0.263 e. The number of nitrogens with zero attached hydrogens (tertiary/aromatic N) is 2. The normalized spacial score (nSPS) is 17.1. The average Bonchev–Trinajstić information content (AvgIpc) is 2.56. The molecule has 1 amide bonds. The number of benzene rings is 1. The van der Waals surface area contributed by atoms with E-state index in [2.05, 4.69) is 11.0 Å². The molecule has 1 saturated heterocycles. The SMILES string of the molecule is Cc1ccc(C)c(OC(C)C(=O)N2CCN(CCCN)CC2)c1. The Morgan fingerprint density at radius 2 is 1.96 bits per heavy atom. The maximum Gasteiger partial charge on any atom is 0.263 e. The third-order valence-corrected chi connectivity index (χ3v) is 4.36. The van der Waals surface area contributed by atoms with Crippen LogP contribution in [0.25, 0.3) is 0 Å². The maximum atomic E-state index is 12.6. The molecule has 1 heterocycles. The van der Waals surface area contributed by atoms with Crippen molar-refractivity contribution in [3.05, 3.63) is 29.3 Å². The molecule has 5 heteroatoms. The molecule has 0 aliphatic carbocycles. The zero-order valence-corrected chi connectivity index (χ0v) is 14.5. The average molecular weight is 319 g/mol. The van der Waals surface area contributed by atoms with Crippen molar-refractivity contribution in [3.8, 4) is 5.75 Å². The summed E-state index contributed by atoms with van der Waals surface area (Å²) in [6.07, 6.45) is 0.561. The second kappa shape index (κ2) is 8.31. The minimum absolute atomic E-state index is 0.0735. The van der Waals surface area contributed by atoms with Crippen LogP contribution in [0.4, 0.5) is 0 Å². The van der Waals surface area contributed by atoms with Crippen LogP contribution in [0.2, 0.25) is 0 Å².